The molecule has 1 amide bonds. The molecule has 1 saturated heterocycles. The molecule has 0 aliphatic carbocycles. The Kier molecular flexibility index (Phi) is 6.84. The molecule has 1 heterocycles. The number of carboxylic acids is 1. The SMILES string of the molecule is CC(C)CC(NC(=O)CN1CCCCCC1)C(=O)O. The standard InChI is InChI=1S/C14H26N2O3/c1-11(2)9-12(14(18)19)15-13(17)10-16-7-5-3-4-6-8-16/h11-12H,3-10H2,1-2H3,(H,15,17)(H,18,19). The fourth-order valence-electron chi connectivity index (χ4n) is 2.43. The van der Waals surface area contributed by atoms with Gasteiger partial charge < -0.3 is 10.4 Å². The van der Waals surface area contributed by atoms with Gasteiger partial charge in [0.1, 0.15) is 6.04 Å². The van der Waals surface area contributed by atoms with Crippen molar-refractivity contribution >= 4 is 11.9 Å². The lowest BCUT2D eigenvalue weighted by Gasteiger charge is -2.21. The van der Waals surface area contributed by atoms with Crippen LogP contribution in [0.15, 0.2) is 0 Å². The van der Waals surface area contributed by atoms with Crippen LogP contribution in [0.1, 0.15) is 46.0 Å². The first-order chi connectivity index (χ1) is 8.99. The zero-order chi connectivity index (χ0) is 14.3. The largest absolute Gasteiger partial charge is 0.480 e. The second-order valence-corrected chi connectivity index (χ2v) is 5.78. The monoisotopic (exact) mass is 270 g/mol. The van der Waals surface area contributed by atoms with Crippen LogP contribution in [0.4, 0.5) is 0 Å². The molecule has 2 N–H and O–H groups in total. The summed E-state index contributed by atoms with van der Waals surface area (Å²) in [6.45, 7) is 6.11. The molecular formula is C14H26N2O3. The van der Waals surface area contributed by atoms with Crippen LogP contribution in [0.25, 0.3) is 0 Å². The molecule has 5 nitrogen and oxygen atoms in total. The second kappa shape index (κ2) is 8.15. The van der Waals surface area contributed by atoms with Crippen molar-refractivity contribution in [3.05, 3.63) is 0 Å². The fraction of sp³-hybridized carbons (Fsp3) is 0.857. The molecular weight excluding hydrogens is 244 g/mol. The van der Waals surface area contributed by atoms with Gasteiger partial charge in [0.2, 0.25) is 5.91 Å². The van der Waals surface area contributed by atoms with Crippen molar-refractivity contribution in [2.24, 2.45) is 5.92 Å². The van der Waals surface area contributed by atoms with Crippen molar-refractivity contribution < 1.29 is 14.7 Å². The quantitative estimate of drug-likeness (QED) is 0.767. The molecule has 110 valence electrons. The molecule has 0 radical (unpaired) electrons. The van der Waals surface area contributed by atoms with Crippen LogP contribution in [0.5, 0.6) is 0 Å². The van der Waals surface area contributed by atoms with Crippen LogP contribution in [0.3, 0.4) is 0 Å². The zero-order valence-electron chi connectivity index (χ0n) is 12.0. The third-order valence-corrected chi connectivity index (χ3v) is 3.41. The second-order valence-electron chi connectivity index (χ2n) is 5.78. The van der Waals surface area contributed by atoms with Crippen molar-refractivity contribution in [1.82, 2.24) is 10.2 Å². The summed E-state index contributed by atoms with van der Waals surface area (Å²) in [5.41, 5.74) is 0. The third-order valence-electron chi connectivity index (χ3n) is 3.41. The van der Waals surface area contributed by atoms with Crippen molar-refractivity contribution in [3.63, 3.8) is 0 Å². The minimum absolute atomic E-state index is 0.171. The smallest absolute Gasteiger partial charge is 0.326 e. The molecule has 1 unspecified atom stereocenters. The Morgan fingerprint density at radius 1 is 1.16 bits per heavy atom. The van der Waals surface area contributed by atoms with E-state index >= 15 is 0 Å². The number of aliphatic carboxylic acids is 1. The zero-order valence-corrected chi connectivity index (χ0v) is 12.0. The fourth-order valence-corrected chi connectivity index (χ4v) is 2.43. The van der Waals surface area contributed by atoms with Crippen LogP contribution in [0.2, 0.25) is 0 Å². The molecule has 1 rings (SSSR count). The molecule has 1 aliphatic rings. The van der Waals surface area contributed by atoms with E-state index < -0.39 is 12.0 Å². The lowest BCUT2D eigenvalue weighted by molar-refractivity contribution is -0.142. The van der Waals surface area contributed by atoms with Gasteiger partial charge in [0.05, 0.1) is 6.54 Å². The number of nitrogens with zero attached hydrogens (tertiary/aromatic N) is 1. The first-order valence-corrected chi connectivity index (χ1v) is 7.23. The van der Waals surface area contributed by atoms with Crippen LogP contribution < -0.4 is 5.32 Å². The average Bonchev–Trinajstić information content (AvgIpc) is 2.56. The maximum atomic E-state index is 11.9. The third kappa shape index (κ3) is 6.57. The summed E-state index contributed by atoms with van der Waals surface area (Å²) in [6, 6.07) is -0.764. The van der Waals surface area contributed by atoms with Gasteiger partial charge in [0.25, 0.3) is 0 Å². The number of hydrogen-bond acceptors (Lipinski definition) is 3. The maximum absolute atomic E-state index is 11.9. The predicted octanol–water partition coefficient (Wildman–Crippen LogP) is 1.48. The first kappa shape index (κ1) is 16.0. The summed E-state index contributed by atoms with van der Waals surface area (Å²) < 4.78 is 0. The van der Waals surface area contributed by atoms with Gasteiger partial charge in [-0.3, -0.25) is 9.69 Å². The van der Waals surface area contributed by atoms with Gasteiger partial charge in [-0.25, -0.2) is 4.79 Å². The van der Waals surface area contributed by atoms with Crippen LogP contribution in [-0.4, -0.2) is 47.6 Å². The Morgan fingerprint density at radius 2 is 1.74 bits per heavy atom. The van der Waals surface area contributed by atoms with Crippen LogP contribution in [0, 0.1) is 5.92 Å². The maximum Gasteiger partial charge on any atom is 0.326 e. The molecule has 0 aromatic carbocycles. The topological polar surface area (TPSA) is 69.6 Å². The molecule has 0 aromatic heterocycles. The van der Waals surface area contributed by atoms with Gasteiger partial charge in [-0.1, -0.05) is 26.7 Å². The number of carboxylic acid groups (broad SMARTS) is 1. The van der Waals surface area contributed by atoms with E-state index in [4.69, 9.17) is 5.11 Å². The van der Waals surface area contributed by atoms with E-state index in [0.29, 0.717) is 13.0 Å². The number of rotatable bonds is 6. The molecule has 1 atom stereocenters. The summed E-state index contributed by atoms with van der Waals surface area (Å²) in [7, 11) is 0. The number of amides is 1. The summed E-state index contributed by atoms with van der Waals surface area (Å²) in [4.78, 5) is 25.1. The van der Waals surface area contributed by atoms with Crippen LogP contribution in [-0.2, 0) is 9.59 Å². The highest BCUT2D eigenvalue weighted by atomic mass is 16.4. The van der Waals surface area contributed by atoms with E-state index in [2.05, 4.69) is 10.2 Å². The Bertz CT molecular complexity index is 297. The van der Waals surface area contributed by atoms with Gasteiger partial charge in [0, 0.05) is 0 Å². The molecule has 0 aromatic rings. The molecule has 5 heteroatoms. The molecule has 1 aliphatic heterocycles. The van der Waals surface area contributed by atoms with Gasteiger partial charge in [0.15, 0.2) is 0 Å². The number of nitrogens with one attached hydrogen (secondary N) is 1. The number of carbonyl (C=O) groups excluding carboxylic acids is 1. The first-order valence-electron chi connectivity index (χ1n) is 7.23. The van der Waals surface area contributed by atoms with Crippen molar-refractivity contribution in [1.29, 1.82) is 0 Å². The number of likely N-dealkylation sites (tertiary alicyclic amines) is 1. The summed E-state index contributed by atoms with van der Waals surface area (Å²) >= 11 is 0. The summed E-state index contributed by atoms with van der Waals surface area (Å²) in [6.07, 6.45) is 5.18. The highest BCUT2D eigenvalue weighted by Gasteiger charge is 2.22. The van der Waals surface area contributed by atoms with E-state index in [-0.39, 0.29) is 11.8 Å². The van der Waals surface area contributed by atoms with E-state index in [9.17, 15) is 9.59 Å². The minimum Gasteiger partial charge on any atom is -0.480 e. The predicted molar refractivity (Wildman–Crippen MR) is 73.9 cm³/mol. The summed E-state index contributed by atoms with van der Waals surface area (Å²) in [5.74, 6) is -0.868. The van der Waals surface area contributed by atoms with Crippen molar-refractivity contribution in [2.75, 3.05) is 19.6 Å². The van der Waals surface area contributed by atoms with Crippen molar-refractivity contribution in [3.8, 4) is 0 Å². The van der Waals surface area contributed by atoms with E-state index in [0.717, 1.165) is 25.9 Å². The molecule has 0 spiro atoms. The van der Waals surface area contributed by atoms with Gasteiger partial charge in [-0.05, 0) is 38.3 Å². The Labute approximate surface area is 115 Å². The van der Waals surface area contributed by atoms with Crippen molar-refractivity contribution in [2.45, 2.75) is 52.0 Å². The molecule has 1 fully saturated rings. The Balaban J connectivity index is 2.40. The van der Waals surface area contributed by atoms with Crippen LogP contribution >= 0.6 is 0 Å². The summed E-state index contributed by atoms with van der Waals surface area (Å²) in [5, 5.41) is 11.7. The lowest BCUT2D eigenvalue weighted by atomic mass is 10.0. The minimum atomic E-state index is -0.946. The number of carbonyl (C=O) groups is 2. The Morgan fingerprint density at radius 3 is 2.21 bits per heavy atom. The van der Waals surface area contributed by atoms with Gasteiger partial charge in [-0.15, -0.1) is 0 Å². The normalized spacial score (nSPS) is 18.9. The molecule has 0 bridgehead atoms. The van der Waals surface area contributed by atoms with E-state index in [1.165, 1.54) is 12.8 Å². The Hall–Kier alpha value is -1.10. The molecule has 19 heavy (non-hydrogen) atoms. The molecule has 0 saturated carbocycles. The van der Waals surface area contributed by atoms with E-state index in [1.807, 2.05) is 13.8 Å². The average molecular weight is 270 g/mol. The highest BCUT2D eigenvalue weighted by molar-refractivity contribution is 5.84. The lowest BCUT2D eigenvalue weighted by Crippen LogP contribution is -2.46. The van der Waals surface area contributed by atoms with E-state index in [1.54, 1.807) is 0 Å². The highest BCUT2D eigenvalue weighted by Crippen LogP contribution is 2.09. The van der Waals surface area contributed by atoms with Gasteiger partial charge >= 0.3 is 5.97 Å². The van der Waals surface area contributed by atoms with Gasteiger partial charge in [-0.2, -0.15) is 0 Å². The number of hydrogen-bond donors (Lipinski definition) is 2.